The SMILES string of the molecule is COc1ccc(S(=O)(=O)N2CCCC2CC(=O)O)cc1C. The molecule has 0 radical (unpaired) electrons. The molecule has 21 heavy (non-hydrogen) atoms. The molecular weight excluding hydrogens is 294 g/mol. The molecule has 2 rings (SSSR count). The van der Waals surface area contributed by atoms with Crippen LogP contribution in [0.3, 0.4) is 0 Å². The van der Waals surface area contributed by atoms with Gasteiger partial charge in [0.1, 0.15) is 5.75 Å². The average Bonchev–Trinajstić information content (AvgIpc) is 2.86. The Labute approximate surface area is 124 Å². The van der Waals surface area contributed by atoms with E-state index in [1.807, 2.05) is 0 Å². The first-order valence-electron chi connectivity index (χ1n) is 6.74. The van der Waals surface area contributed by atoms with Crippen molar-refractivity contribution >= 4 is 16.0 Å². The Morgan fingerprint density at radius 1 is 1.48 bits per heavy atom. The summed E-state index contributed by atoms with van der Waals surface area (Å²) in [7, 11) is -2.14. The first-order valence-corrected chi connectivity index (χ1v) is 8.18. The van der Waals surface area contributed by atoms with Crippen LogP contribution in [0.25, 0.3) is 0 Å². The molecule has 0 amide bonds. The number of carboxylic acid groups (broad SMARTS) is 1. The third-order valence-corrected chi connectivity index (χ3v) is 5.65. The van der Waals surface area contributed by atoms with Crippen molar-refractivity contribution in [2.45, 2.75) is 37.1 Å². The highest BCUT2D eigenvalue weighted by atomic mass is 32.2. The van der Waals surface area contributed by atoms with Crippen molar-refractivity contribution < 1.29 is 23.1 Å². The second kappa shape index (κ2) is 6.03. The predicted molar refractivity (Wildman–Crippen MR) is 76.9 cm³/mol. The van der Waals surface area contributed by atoms with E-state index in [1.54, 1.807) is 19.1 Å². The number of methoxy groups -OCH3 is 1. The minimum absolute atomic E-state index is 0.158. The smallest absolute Gasteiger partial charge is 0.304 e. The molecule has 1 N–H and O–H groups in total. The van der Waals surface area contributed by atoms with E-state index >= 15 is 0 Å². The Balaban J connectivity index is 2.32. The summed E-state index contributed by atoms with van der Waals surface area (Å²) in [5.74, 6) is -0.356. The lowest BCUT2D eigenvalue weighted by Gasteiger charge is -2.23. The molecule has 0 spiro atoms. The zero-order chi connectivity index (χ0) is 15.6. The molecule has 7 heteroatoms. The fourth-order valence-electron chi connectivity index (χ4n) is 2.68. The standard InChI is InChI=1S/C14H19NO5S/c1-10-8-12(5-6-13(10)20-2)21(18,19)15-7-3-4-11(15)9-14(16)17/h5-6,8,11H,3-4,7,9H2,1-2H3,(H,16,17). The van der Waals surface area contributed by atoms with Gasteiger partial charge >= 0.3 is 5.97 Å². The van der Waals surface area contributed by atoms with Crippen LogP contribution in [0.15, 0.2) is 23.1 Å². The van der Waals surface area contributed by atoms with Crippen molar-refractivity contribution in [1.29, 1.82) is 0 Å². The Hall–Kier alpha value is -1.60. The molecule has 1 atom stereocenters. The van der Waals surface area contributed by atoms with Crippen molar-refractivity contribution in [2.24, 2.45) is 0 Å². The Kier molecular flexibility index (Phi) is 4.53. The molecule has 0 aliphatic carbocycles. The molecule has 1 aromatic carbocycles. The lowest BCUT2D eigenvalue weighted by molar-refractivity contribution is -0.137. The number of carboxylic acids is 1. The maximum atomic E-state index is 12.7. The summed E-state index contributed by atoms with van der Waals surface area (Å²) in [6, 6.07) is 4.21. The molecule has 116 valence electrons. The van der Waals surface area contributed by atoms with Gasteiger partial charge in [-0.2, -0.15) is 4.31 Å². The molecule has 0 saturated carbocycles. The van der Waals surface area contributed by atoms with Crippen LogP contribution in [0.2, 0.25) is 0 Å². The van der Waals surface area contributed by atoms with E-state index in [0.717, 1.165) is 5.56 Å². The number of ether oxygens (including phenoxy) is 1. The second-order valence-corrected chi connectivity index (χ2v) is 7.03. The van der Waals surface area contributed by atoms with E-state index < -0.39 is 22.0 Å². The number of aliphatic carboxylic acids is 1. The topological polar surface area (TPSA) is 83.9 Å². The fourth-order valence-corrected chi connectivity index (χ4v) is 4.46. The number of sulfonamides is 1. The first kappa shape index (κ1) is 15.8. The van der Waals surface area contributed by atoms with Crippen molar-refractivity contribution in [1.82, 2.24) is 4.31 Å². The molecule has 0 aromatic heterocycles. The van der Waals surface area contributed by atoms with Crippen molar-refractivity contribution in [2.75, 3.05) is 13.7 Å². The molecule has 1 saturated heterocycles. The Morgan fingerprint density at radius 3 is 2.76 bits per heavy atom. The van der Waals surface area contributed by atoms with E-state index in [1.165, 1.54) is 17.5 Å². The third-order valence-electron chi connectivity index (χ3n) is 3.71. The summed E-state index contributed by atoms with van der Waals surface area (Å²) < 4.78 is 31.8. The summed E-state index contributed by atoms with van der Waals surface area (Å²) in [4.78, 5) is 11.0. The highest BCUT2D eigenvalue weighted by Crippen LogP contribution is 2.30. The molecule has 1 aliphatic heterocycles. The quantitative estimate of drug-likeness (QED) is 0.893. The van der Waals surface area contributed by atoms with Crippen molar-refractivity contribution in [3.63, 3.8) is 0 Å². The minimum Gasteiger partial charge on any atom is -0.496 e. The monoisotopic (exact) mass is 313 g/mol. The number of nitrogens with zero attached hydrogens (tertiary/aromatic N) is 1. The minimum atomic E-state index is -3.67. The van der Waals surface area contributed by atoms with E-state index in [4.69, 9.17) is 9.84 Å². The van der Waals surface area contributed by atoms with Gasteiger partial charge < -0.3 is 9.84 Å². The predicted octanol–water partition coefficient (Wildman–Crippen LogP) is 1.63. The van der Waals surface area contributed by atoms with E-state index in [2.05, 4.69) is 0 Å². The molecule has 1 fully saturated rings. The van der Waals surface area contributed by atoms with E-state index in [0.29, 0.717) is 25.1 Å². The maximum absolute atomic E-state index is 12.7. The number of carbonyl (C=O) groups is 1. The van der Waals surface area contributed by atoms with E-state index in [9.17, 15) is 13.2 Å². The zero-order valence-electron chi connectivity index (χ0n) is 12.1. The van der Waals surface area contributed by atoms with Crippen LogP contribution >= 0.6 is 0 Å². The maximum Gasteiger partial charge on any atom is 0.304 e. The highest BCUT2D eigenvalue weighted by molar-refractivity contribution is 7.89. The van der Waals surface area contributed by atoms with Gasteiger partial charge in [-0.15, -0.1) is 0 Å². The average molecular weight is 313 g/mol. The summed E-state index contributed by atoms with van der Waals surface area (Å²) in [6.07, 6.45) is 1.11. The summed E-state index contributed by atoms with van der Waals surface area (Å²) in [5, 5.41) is 8.90. The first-order chi connectivity index (χ1) is 9.86. The van der Waals surface area contributed by atoms with Crippen LogP contribution in [-0.2, 0) is 14.8 Å². The van der Waals surface area contributed by atoms with E-state index in [-0.39, 0.29) is 11.3 Å². The van der Waals surface area contributed by atoms with Crippen molar-refractivity contribution in [3.8, 4) is 5.75 Å². The summed E-state index contributed by atoms with van der Waals surface area (Å²) in [6.45, 7) is 2.14. The normalized spacial score (nSPS) is 19.6. The van der Waals surface area contributed by atoms with Gasteiger partial charge in [0.25, 0.3) is 0 Å². The van der Waals surface area contributed by atoms with Gasteiger partial charge in [0.2, 0.25) is 10.0 Å². The Morgan fingerprint density at radius 2 is 2.19 bits per heavy atom. The van der Waals surface area contributed by atoms with Gasteiger partial charge in [0.05, 0.1) is 18.4 Å². The van der Waals surface area contributed by atoms with Gasteiger partial charge in [0.15, 0.2) is 0 Å². The fraction of sp³-hybridized carbons (Fsp3) is 0.500. The molecule has 1 heterocycles. The largest absolute Gasteiger partial charge is 0.496 e. The molecule has 0 bridgehead atoms. The summed E-state index contributed by atoms with van der Waals surface area (Å²) >= 11 is 0. The van der Waals surface area contributed by atoms with Gasteiger partial charge in [-0.1, -0.05) is 0 Å². The molecular formula is C14H19NO5S. The van der Waals surface area contributed by atoms with Crippen LogP contribution in [-0.4, -0.2) is 43.5 Å². The number of hydrogen-bond donors (Lipinski definition) is 1. The Bertz CT molecular complexity index is 641. The van der Waals surface area contributed by atoms with Crippen molar-refractivity contribution in [3.05, 3.63) is 23.8 Å². The molecule has 1 aromatic rings. The van der Waals surface area contributed by atoms with Crippen LogP contribution in [0, 0.1) is 6.92 Å². The second-order valence-electron chi connectivity index (χ2n) is 5.14. The van der Waals surface area contributed by atoms with Gasteiger partial charge in [-0.3, -0.25) is 4.79 Å². The van der Waals surface area contributed by atoms with Crippen LogP contribution < -0.4 is 4.74 Å². The lowest BCUT2D eigenvalue weighted by Crippen LogP contribution is -2.36. The third kappa shape index (κ3) is 3.19. The highest BCUT2D eigenvalue weighted by Gasteiger charge is 2.36. The number of aryl methyl sites for hydroxylation is 1. The molecule has 6 nitrogen and oxygen atoms in total. The van der Waals surface area contributed by atoms with Crippen LogP contribution in [0.1, 0.15) is 24.8 Å². The van der Waals surface area contributed by atoms with Gasteiger partial charge in [-0.05, 0) is 43.5 Å². The summed E-state index contributed by atoms with van der Waals surface area (Å²) in [5.41, 5.74) is 0.729. The lowest BCUT2D eigenvalue weighted by atomic mass is 10.2. The number of benzene rings is 1. The zero-order valence-corrected chi connectivity index (χ0v) is 12.9. The number of rotatable bonds is 5. The molecule has 1 aliphatic rings. The number of hydrogen-bond acceptors (Lipinski definition) is 4. The van der Waals surface area contributed by atoms with Crippen LogP contribution in [0.4, 0.5) is 0 Å². The van der Waals surface area contributed by atoms with Gasteiger partial charge in [-0.25, -0.2) is 8.42 Å². The van der Waals surface area contributed by atoms with Crippen LogP contribution in [0.5, 0.6) is 5.75 Å². The molecule has 1 unspecified atom stereocenters. The van der Waals surface area contributed by atoms with Gasteiger partial charge in [0, 0.05) is 12.6 Å².